The van der Waals surface area contributed by atoms with E-state index in [4.69, 9.17) is 0 Å². The van der Waals surface area contributed by atoms with E-state index in [0.717, 1.165) is 17.2 Å². The van der Waals surface area contributed by atoms with E-state index >= 15 is 0 Å². The van der Waals surface area contributed by atoms with E-state index < -0.39 is 11.9 Å². The molecule has 0 aliphatic rings. The molecule has 2 nitrogen and oxygen atoms in total. The topological polar surface area (TPSA) is 27.0 Å². The first-order chi connectivity index (χ1) is 10.0. The lowest BCUT2D eigenvalue weighted by Crippen LogP contribution is -2.04. The van der Waals surface area contributed by atoms with Gasteiger partial charge in [-0.25, -0.2) is 0 Å². The molecule has 0 saturated carbocycles. The minimum absolute atomic E-state index is 0.222. The van der Waals surface area contributed by atoms with Gasteiger partial charge in [-0.15, -0.1) is 5.69 Å². The average molecular weight is 287 g/mol. The number of alkyl halides is 3. The molecule has 0 fully saturated rings. The predicted molar refractivity (Wildman–Crippen MR) is 73.4 cm³/mol. The Balaban J connectivity index is 1.99. The van der Waals surface area contributed by atoms with Gasteiger partial charge in [0.05, 0.1) is 0 Å². The van der Waals surface area contributed by atoms with Gasteiger partial charge in [-0.3, -0.25) is 0 Å². The average Bonchev–Trinajstić information content (AvgIpc) is 2.98. The van der Waals surface area contributed by atoms with Crippen LogP contribution < -0.4 is 5.10 Å². The second-order valence-corrected chi connectivity index (χ2v) is 4.56. The van der Waals surface area contributed by atoms with Crippen molar-refractivity contribution < 1.29 is 13.2 Å². The fourth-order valence-electron chi connectivity index (χ4n) is 2.06. The van der Waals surface area contributed by atoms with E-state index in [1.54, 1.807) is 18.2 Å². The van der Waals surface area contributed by atoms with E-state index in [1.165, 1.54) is 0 Å². The van der Waals surface area contributed by atoms with Crippen molar-refractivity contribution in [3.05, 3.63) is 66.4 Å². The summed E-state index contributed by atoms with van der Waals surface area (Å²) in [5.74, 6) is 0. The fraction of sp³-hybridized carbons (Fsp3) is 0.0625. The molecule has 1 heterocycles. The third-order valence-corrected chi connectivity index (χ3v) is 3.09. The van der Waals surface area contributed by atoms with Crippen LogP contribution in [0.1, 0.15) is 5.69 Å². The zero-order valence-corrected chi connectivity index (χ0v) is 10.8. The molecule has 1 aromatic heterocycles. The van der Waals surface area contributed by atoms with E-state index in [2.05, 4.69) is 10.2 Å². The summed E-state index contributed by atoms with van der Waals surface area (Å²) in [6, 6.07) is 17.8. The van der Waals surface area contributed by atoms with E-state index in [0.29, 0.717) is 5.56 Å². The number of hydrogen-bond donors (Lipinski definition) is 0. The number of rotatable bonds is 2. The molecule has 3 rings (SSSR count). The second kappa shape index (κ2) is 5.09. The Morgan fingerprint density at radius 1 is 0.762 bits per heavy atom. The smallest absolute Gasteiger partial charge is 0.431 e. The van der Waals surface area contributed by atoms with Gasteiger partial charge in [-0.1, -0.05) is 48.5 Å². The lowest BCUT2D eigenvalue weighted by molar-refractivity contribution is -0.141. The maximum Gasteiger partial charge on any atom is 0.431 e. The van der Waals surface area contributed by atoms with Gasteiger partial charge in [0.2, 0.25) is 0 Å². The highest BCUT2D eigenvalue weighted by Gasteiger charge is 2.31. The molecule has 0 aliphatic heterocycles. The van der Waals surface area contributed by atoms with Gasteiger partial charge in [0.1, 0.15) is 5.69 Å². The Morgan fingerprint density at radius 3 is 2.10 bits per heavy atom. The molecular weight excluding hydrogens is 277 g/mol. The summed E-state index contributed by atoms with van der Waals surface area (Å²) in [6.07, 6.45) is -4.47. The number of hydrogen-bond acceptors (Lipinski definition) is 1. The summed E-state index contributed by atoms with van der Waals surface area (Å²) in [4.78, 5) is 0. The first kappa shape index (κ1) is 13.4. The second-order valence-electron chi connectivity index (χ2n) is 4.56. The normalized spacial score (nSPS) is 11.6. The third-order valence-electron chi connectivity index (χ3n) is 3.09. The molecular formula is C16H10F3N2-. The number of nitrogens with zero attached hydrogens (tertiary/aromatic N) is 2. The zero-order valence-electron chi connectivity index (χ0n) is 10.8. The predicted octanol–water partition coefficient (Wildman–Crippen LogP) is 4.39. The minimum atomic E-state index is -4.47. The van der Waals surface area contributed by atoms with Crippen LogP contribution in [0.4, 0.5) is 13.2 Å². The van der Waals surface area contributed by atoms with Gasteiger partial charge in [0.25, 0.3) is 0 Å². The van der Waals surface area contributed by atoms with Crippen LogP contribution >= 0.6 is 0 Å². The quantitative estimate of drug-likeness (QED) is 0.699. The standard InChI is InChI=1S/C16H10F3N2/c17-16(18,19)15-10-14(20-21-15)13-8-4-7-12(9-13)11-5-2-1-3-6-11/h1-10H/q-1. The summed E-state index contributed by atoms with van der Waals surface area (Å²) in [5, 5.41) is 6.81. The molecule has 0 radical (unpaired) electrons. The van der Waals surface area contributed by atoms with Crippen LogP contribution in [0.25, 0.3) is 22.4 Å². The van der Waals surface area contributed by atoms with Crippen LogP contribution in [0.3, 0.4) is 0 Å². The van der Waals surface area contributed by atoms with Crippen LogP contribution in [0.5, 0.6) is 0 Å². The van der Waals surface area contributed by atoms with Crippen LogP contribution in [0, 0.1) is 0 Å². The van der Waals surface area contributed by atoms with Crippen molar-refractivity contribution in [3.63, 3.8) is 0 Å². The highest BCUT2D eigenvalue weighted by molar-refractivity contribution is 5.71. The summed E-state index contributed by atoms with van der Waals surface area (Å²) in [6.45, 7) is 0. The van der Waals surface area contributed by atoms with Crippen LogP contribution in [-0.4, -0.2) is 5.10 Å². The lowest BCUT2D eigenvalue weighted by atomic mass is 10.0. The first-order valence-corrected chi connectivity index (χ1v) is 6.27. The number of aromatic nitrogens is 2. The van der Waals surface area contributed by atoms with E-state index in [-0.39, 0.29) is 5.69 Å². The Kier molecular flexibility index (Phi) is 3.25. The van der Waals surface area contributed by atoms with Crippen molar-refractivity contribution in [1.29, 1.82) is 0 Å². The van der Waals surface area contributed by atoms with Crippen LogP contribution in [0.15, 0.2) is 60.7 Å². The van der Waals surface area contributed by atoms with Gasteiger partial charge in [-0.2, -0.15) is 13.2 Å². The third kappa shape index (κ3) is 2.81. The molecule has 0 saturated heterocycles. The molecule has 0 N–H and O–H groups in total. The molecule has 3 aromatic rings. The van der Waals surface area contributed by atoms with Gasteiger partial charge in [-0.05, 0) is 28.8 Å². The highest BCUT2D eigenvalue weighted by atomic mass is 19.4. The van der Waals surface area contributed by atoms with Gasteiger partial charge in [0.15, 0.2) is 0 Å². The van der Waals surface area contributed by atoms with Crippen LogP contribution in [0.2, 0.25) is 0 Å². The maximum atomic E-state index is 12.6. The fourth-order valence-corrected chi connectivity index (χ4v) is 2.06. The van der Waals surface area contributed by atoms with Gasteiger partial charge in [0, 0.05) is 0 Å². The minimum Gasteiger partial charge on any atom is -0.574 e. The Bertz CT molecular complexity index is 745. The Hall–Kier alpha value is -2.56. The summed E-state index contributed by atoms with van der Waals surface area (Å²) < 4.78 is 37.7. The van der Waals surface area contributed by atoms with E-state index in [9.17, 15) is 13.2 Å². The van der Waals surface area contributed by atoms with Crippen molar-refractivity contribution >= 4 is 0 Å². The molecule has 5 heteroatoms. The van der Waals surface area contributed by atoms with Gasteiger partial charge >= 0.3 is 6.18 Å². The first-order valence-electron chi connectivity index (χ1n) is 6.27. The van der Waals surface area contributed by atoms with Gasteiger partial charge < -0.3 is 10.2 Å². The monoisotopic (exact) mass is 287 g/mol. The van der Waals surface area contributed by atoms with Crippen molar-refractivity contribution in [1.82, 2.24) is 10.2 Å². The van der Waals surface area contributed by atoms with Crippen molar-refractivity contribution in [2.45, 2.75) is 6.18 Å². The molecule has 0 aliphatic carbocycles. The molecule has 0 atom stereocenters. The molecule has 21 heavy (non-hydrogen) atoms. The molecule has 0 unspecified atom stereocenters. The van der Waals surface area contributed by atoms with E-state index in [1.807, 2.05) is 36.4 Å². The molecule has 106 valence electrons. The molecule has 0 amide bonds. The molecule has 0 spiro atoms. The summed E-state index contributed by atoms with van der Waals surface area (Å²) in [7, 11) is 0. The summed E-state index contributed by atoms with van der Waals surface area (Å²) >= 11 is 0. The number of halogens is 3. The van der Waals surface area contributed by atoms with Crippen molar-refractivity contribution in [2.24, 2.45) is 0 Å². The SMILES string of the molecule is FC(F)(F)c1cc(-c2cccc(-c3ccccc3)c2)[n-]n1. The molecule has 2 aromatic carbocycles. The van der Waals surface area contributed by atoms with Crippen molar-refractivity contribution in [2.75, 3.05) is 0 Å². The summed E-state index contributed by atoms with van der Waals surface area (Å²) in [5.41, 5.74) is 1.78. The lowest BCUT2D eigenvalue weighted by Gasteiger charge is -2.08. The molecule has 0 bridgehead atoms. The number of benzene rings is 2. The maximum absolute atomic E-state index is 12.6. The largest absolute Gasteiger partial charge is 0.574 e. The Morgan fingerprint density at radius 2 is 1.43 bits per heavy atom. The van der Waals surface area contributed by atoms with Crippen molar-refractivity contribution in [3.8, 4) is 22.4 Å². The highest BCUT2D eigenvalue weighted by Crippen LogP contribution is 2.31. The zero-order chi connectivity index (χ0) is 14.9. The van der Waals surface area contributed by atoms with Crippen LogP contribution in [-0.2, 0) is 6.18 Å². The Labute approximate surface area is 119 Å².